The minimum absolute atomic E-state index is 0.0377. The van der Waals surface area contributed by atoms with E-state index < -0.39 is 15.6 Å². The van der Waals surface area contributed by atoms with Crippen molar-refractivity contribution in [2.24, 2.45) is 0 Å². The second-order valence-electron chi connectivity index (χ2n) is 4.88. The van der Waals surface area contributed by atoms with E-state index in [1.807, 2.05) is 6.07 Å². The van der Waals surface area contributed by atoms with Crippen molar-refractivity contribution >= 4 is 15.7 Å². The molecule has 21 heavy (non-hydrogen) atoms. The first-order valence-corrected chi connectivity index (χ1v) is 7.83. The van der Waals surface area contributed by atoms with Gasteiger partial charge in [-0.1, -0.05) is 0 Å². The van der Waals surface area contributed by atoms with Gasteiger partial charge in [0.1, 0.15) is 10.5 Å². The van der Waals surface area contributed by atoms with Gasteiger partial charge in [0, 0.05) is 26.7 Å². The largest absolute Gasteiger partial charge is 0.398 e. The van der Waals surface area contributed by atoms with Crippen molar-refractivity contribution in [1.29, 1.82) is 5.26 Å². The molecule has 8 heteroatoms. The lowest BCUT2D eigenvalue weighted by molar-refractivity contribution is -0.0120. The summed E-state index contributed by atoms with van der Waals surface area (Å²) in [5.74, 6) is 0. The number of anilines is 1. The Morgan fingerprint density at radius 2 is 2.33 bits per heavy atom. The highest BCUT2D eigenvalue weighted by Crippen LogP contribution is 2.24. The second kappa shape index (κ2) is 5.99. The fourth-order valence-electron chi connectivity index (χ4n) is 2.13. The first-order chi connectivity index (χ1) is 9.92. The molecule has 0 saturated carbocycles. The molecular formula is C13H17N3O4S. The molecular weight excluding hydrogens is 294 g/mol. The molecule has 7 nitrogen and oxygen atoms in total. The van der Waals surface area contributed by atoms with Crippen molar-refractivity contribution < 1.29 is 17.9 Å². The van der Waals surface area contributed by atoms with Crippen molar-refractivity contribution in [3.05, 3.63) is 23.8 Å². The van der Waals surface area contributed by atoms with Gasteiger partial charge in [0.25, 0.3) is 0 Å². The summed E-state index contributed by atoms with van der Waals surface area (Å²) in [7, 11) is -2.24. The molecule has 1 aromatic rings. The molecule has 0 amide bonds. The number of methoxy groups -OCH3 is 1. The summed E-state index contributed by atoms with van der Waals surface area (Å²) in [6.45, 7) is 0.981. The first kappa shape index (κ1) is 15.7. The van der Waals surface area contributed by atoms with Gasteiger partial charge in [0.15, 0.2) is 0 Å². The lowest BCUT2D eigenvalue weighted by Gasteiger charge is -2.25. The van der Waals surface area contributed by atoms with Gasteiger partial charge in [0.2, 0.25) is 10.0 Å². The molecule has 1 atom stereocenters. The Morgan fingerprint density at radius 1 is 1.57 bits per heavy atom. The molecule has 3 N–H and O–H groups in total. The van der Waals surface area contributed by atoms with Crippen LogP contribution in [0.5, 0.6) is 0 Å². The molecule has 0 aliphatic carbocycles. The normalized spacial score (nSPS) is 22.1. The molecule has 1 aromatic carbocycles. The van der Waals surface area contributed by atoms with Crippen LogP contribution in [0, 0.1) is 11.3 Å². The van der Waals surface area contributed by atoms with E-state index in [9.17, 15) is 8.42 Å². The topological polar surface area (TPSA) is 114 Å². The smallest absolute Gasteiger partial charge is 0.242 e. The predicted octanol–water partition coefficient (Wildman–Crippen LogP) is 0.224. The summed E-state index contributed by atoms with van der Waals surface area (Å²) in [6, 6.07) is 5.97. The zero-order valence-electron chi connectivity index (χ0n) is 11.6. The van der Waals surface area contributed by atoms with Gasteiger partial charge in [-0.3, -0.25) is 0 Å². The average Bonchev–Trinajstić information content (AvgIpc) is 2.94. The molecule has 1 heterocycles. The van der Waals surface area contributed by atoms with E-state index in [-0.39, 0.29) is 17.1 Å². The van der Waals surface area contributed by atoms with Crippen molar-refractivity contribution in [2.45, 2.75) is 16.9 Å². The van der Waals surface area contributed by atoms with Gasteiger partial charge in [0.05, 0.1) is 23.9 Å². The van der Waals surface area contributed by atoms with Crippen molar-refractivity contribution in [3.63, 3.8) is 0 Å². The molecule has 2 rings (SSSR count). The number of ether oxygens (including phenoxy) is 2. The zero-order valence-corrected chi connectivity index (χ0v) is 12.4. The van der Waals surface area contributed by atoms with Crippen LogP contribution in [0.15, 0.2) is 23.1 Å². The number of nitrogens with one attached hydrogen (secondary N) is 1. The first-order valence-electron chi connectivity index (χ1n) is 6.35. The van der Waals surface area contributed by atoms with Gasteiger partial charge in [-0.05, 0) is 18.2 Å². The number of nitriles is 1. The van der Waals surface area contributed by atoms with Crippen LogP contribution in [-0.2, 0) is 19.5 Å². The van der Waals surface area contributed by atoms with Crippen LogP contribution in [0.1, 0.15) is 12.0 Å². The Morgan fingerprint density at radius 3 is 2.86 bits per heavy atom. The van der Waals surface area contributed by atoms with Crippen molar-refractivity contribution in [1.82, 2.24) is 4.72 Å². The third-order valence-corrected chi connectivity index (χ3v) is 4.99. The summed E-state index contributed by atoms with van der Waals surface area (Å²) in [5, 5.41) is 8.77. The van der Waals surface area contributed by atoms with Crippen LogP contribution in [0.2, 0.25) is 0 Å². The number of nitrogens with zero attached hydrogens (tertiary/aromatic N) is 1. The number of hydrogen-bond donors (Lipinski definition) is 2. The van der Waals surface area contributed by atoms with Crippen LogP contribution in [0.4, 0.5) is 5.69 Å². The molecule has 0 radical (unpaired) electrons. The third kappa shape index (κ3) is 3.33. The van der Waals surface area contributed by atoms with E-state index in [4.69, 9.17) is 20.5 Å². The Hall–Kier alpha value is -1.66. The van der Waals surface area contributed by atoms with Gasteiger partial charge < -0.3 is 15.2 Å². The van der Waals surface area contributed by atoms with Crippen molar-refractivity contribution in [3.8, 4) is 6.07 Å². The number of nitrogen functional groups attached to an aromatic ring is 1. The molecule has 114 valence electrons. The van der Waals surface area contributed by atoms with Crippen LogP contribution in [0.3, 0.4) is 0 Å². The lowest BCUT2D eigenvalue weighted by atomic mass is 10.0. The zero-order chi connectivity index (χ0) is 15.5. The Bertz CT molecular complexity index is 660. The van der Waals surface area contributed by atoms with Crippen LogP contribution >= 0.6 is 0 Å². The van der Waals surface area contributed by atoms with E-state index in [0.29, 0.717) is 25.2 Å². The van der Waals surface area contributed by atoms with Crippen molar-refractivity contribution in [2.75, 3.05) is 32.6 Å². The third-order valence-electron chi connectivity index (χ3n) is 3.51. The number of hydrogen-bond acceptors (Lipinski definition) is 6. The van der Waals surface area contributed by atoms with Crippen LogP contribution < -0.4 is 10.5 Å². The molecule has 1 aliphatic heterocycles. The van der Waals surface area contributed by atoms with Crippen LogP contribution in [0.25, 0.3) is 0 Å². The maximum absolute atomic E-state index is 12.3. The number of nitrogens with two attached hydrogens (primary N) is 1. The Labute approximate surface area is 123 Å². The highest BCUT2D eigenvalue weighted by Gasteiger charge is 2.36. The van der Waals surface area contributed by atoms with E-state index in [2.05, 4.69) is 4.72 Å². The van der Waals surface area contributed by atoms with E-state index in [1.54, 1.807) is 0 Å². The van der Waals surface area contributed by atoms with E-state index >= 15 is 0 Å². The molecule has 1 aliphatic rings. The molecule has 1 saturated heterocycles. The summed E-state index contributed by atoms with van der Waals surface area (Å²) in [6.07, 6.45) is 0.620. The summed E-state index contributed by atoms with van der Waals surface area (Å²) in [5.41, 5.74) is 5.41. The fourth-order valence-corrected chi connectivity index (χ4v) is 3.35. The maximum atomic E-state index is 12.3. The quantitative estimate of drug-likeness (QED) is 0.752. The highest BCUT2D eigenvalue weighted by molar-refractivity contribution is 7.89. The number of rotatable bonds is 5. The highest BCUT2D eigenvalue weighted by atomic mass is 32.2. The number of sulfonamides is 1. The molecule has 1 unspecified atom stereocenters. The second-order valence-corrected chi connectivity index (χ2v) is 6.61. The Balaban J connectivity index is 2.17. The lowest BCUT2D eigenvalue weighted by Crippen LogP contribution is -2.45. The predicted molar refractivity (Wildman–Crippen MR) is 75.9 cm³/mol. The minimum Gasteiger partial charge on any atom is -0.398 e. The molecule has 0 spiro atoms. The molecule has 1 fully saturated rings. The van der Waals surface area contributed by atoms with Gasteiger partial charge in [-0.15, -0.1) is 0 Å². The van der Waals surface area contributed by atoms with E-state index in [1.165, 1.54) is 25.3 Å². The van der Waals surface area contributed by atoms with E-state index in [0.717, 1.165) is 0 Å². The minimum atomic E-state index is -3.77. The monoisotopic (exact) mass is 311 g/mol. The Kier molecular flexibility index (Phi) is 4.49. The summed E-state index contributed by atoms with van der Waals surface area (Å²) >= 11 is 0. The van der Waals surface area contributed by atoms with Gasteiger partial charge in [-0.2, -0.15) is 5.26 Å². The standard InChI is InChI=1S/C13H17N3O4S/c1-19-13(4-5-20-9-13)8-16-21(17,18)12-3-2-10(7-14)6-11(12)15/h2-3,6,16H,4-5,8-9,15H2,1H3. The SMILES string of the molecule is COC1(CNS(=O)(=O)c2ccc(C#N)cc2N)CCOC1. The number of benzene rings is 1. The summed E-state index contributed by atoms with van der Waals surface area (Å²) in [4.78, 5) is -0.0494. The molecule has 0 aromatic heterocycles. The van der Waals surface area contributed by atoms with Crippen LogP contribution in [-0.4, -0.2) is 40.9 Å². The maximum Gasteiger partial charge on any atom is 0.242 e. The molecule has 0 bridgehead atoms. The average molecular weight is 311 g/mol. The fraction of sp³-hybridized carbons (Fsp3) is 0.462. The van der Waals surface area contributed by atoms with Gasteiger partial charge in [-0.25, -0.2) is 13.1 Å². The van der Waals surface area contributed by atoms with Gasteiger partial charge >= 0.3 is 0 Å². The summed E-state index contributed by atoms with van der Waals surface area (Å²) < 4.78 is 37.7.